The summed E-state index contributed by atoms with van der Waals surface area (Å²) in [5, 5.41) is 17.1. The zero-order valence-corrected chi connectivity index (χ0v) is 16.2. The Bertz CT molecular complexity index is 1040. The van der Waals surface area contributed by atoms with E-state index in [0.29, 0.717) is 29.2 Å². The van der Waals surface area contributed by atoms with Crippen LogP contribution in [-0.2, 0) is 11.2 Å². The highest BCUT2D eigenvalue weighted by Gasteiger charge is 2.22. The maximum atomic E-state index is 12.4. The van der Waals surface area contributed by atoms with Crippen molar-refractivity contribution in [1.82, 2.24) is 25.1 Å². The van der Waals surface area contributed by atoms with E-state index in [-0.39, 0.29) is 30.5 Å². The van der Waals surface area contributed by atoms with Crippen molar-refractivity contribution in [3.63, 3.8) is 0 Å². The van der Waals surface area contributed by atoms with Gasteiger partial charge in [0.25, 0.3) is 5.56 Å². The molecule has 1 aliphatic rings. The molecule has 8 heteroatoms. The number of hydrogen-bond donors (Lipinski definition) is 3. The van der Waals surface area contributed by atoms with Crippen molar-refractivity contribution in [1.29, 1.82) is 0 Å². The van der Waals surface area contributed by atoms with E-state index in [2.05, 4.69) is 20.4 Å². The Morgan fingerprint density at radius 1 is 1.31 bits per heavy atom. The van der Waals surface area contributed by atoms with Crippen LogP contribution in [0.25, 0.3) is 16.7 Å². The van der Waals surface area contributed by atoms with Gasteiger partial charge in [0.15, 0.2) is 5.65 Å². The largest absolute Gasteiger partial charge is 0.394 e. The number of amides is 1. The van der Waals surface area contributed by atoms with Gasteiger partial charge in [0.1, 0.15) is 11.2 Å². The predicted molar refractivity (Wildman–Crippen MR) is 109 cm³/mol. The number of aryl methyl sites for hydroxylation is 1. The van der Waals surface area contributed by atoms with E-state index in [4.69, 9.17) is 0 Å². The molecule has 3 N–H and O–H groups in total. The third kappa shape index (κ3) is 4.37. The van der Waals surface area contributed by atoms with Crippen LogP contribution in [-0.4, -0.2) is 43.4 Å². The first kappa shape index (κ1) is 19.3. The Morgan fingerprint density at radius 3 is 2.79 bits per heavy atom. The standard InChI is InChI=1S/C21H25N5O3/c27-13-15(11-14-5-4-6-14)23-19(28)10-9-18-24-20-17(21(29)25-18)12-22-26(20)16-7-2-1-3-8-16/h1-3,7-8,12,14-15,27H,4-6,9-11,13H2,(H,23,28)(H,24,25,29). The molecule has 0 radical (unpaired) electrons. The number of hydrogen-bond acceptors (Lipinski definition) is 5. The molecule has 3 aromatic rings. The number of aromatic nitrogens is 4. The molecule has 1 fully saturated rings. The summed E-state index contributed by atoms with van der Waals surface area (Å²) in [6, 6.07) is 9.26. The van der Waals surface area contributed by atoms with Crippen LogP contribution in [0.4, 0.5) is 0 Å². The normalized spacial score (nSPS) is 15.2. The van der Waals surface area contributed by atoms with E-state index >= 15 is 0 Å². The van der Waals surface area contributed by atoms with Crippen molar-refractivity contribution in [2.75, 3.05) is 6.61 Å². The maximum Gasteiger partial charge on any atom is 0.262 e. The molecule has 152 valence electrons. The Morgan fingerprint density at radius 2 is 2.10 bits per heavy atom. The van der Waals surface area contributed by atoms with Crippen molar-refractivity contribution in [3.05, 3.63) is 52.7 Å². The maximum absolute atomic E-state index is 12.4. The molecule has 8 nitrogen and oxygen atoms in total. The fourth-order valence-corrected chi connectivity index (χ4v) is 3.68. The number of carbonyl (C=O) groups is 1. The molecule has 1 saturated carbocycles. The number of para-hydroxylation sites is 1. The average molecular weight is 395 g/mol. The summed E-state index contributed by atoms with van der Waals surface area (Å²) >= 11 is 0. The number of aromatic amines is 1. The van der Waals surface area contributed by atoms with Gasteiger partial charge in [-0.25, -0.2) is 9.67 Å². The Labute approximate surface area is 168 Å². The topological polar surface area (TPSA) is 113 Å². The minimum Gasteiger partial charge on any atom is -0.394 e. The van der Waals surface area contributed by atoms with Crippen LogP contribution in [0.3, 0.4) is 0 Å². The van der Waals surface area contributed by atoms with Gasteiger partial charge < -0.3 is 15.4 Å². The molecule has 0 spiro atoms. The number of nitrogens with zero attached hydrogens (tertiary/aromatic N) is 3. The van der Waals surface area contributed by atoms with E-state index in [9.17, 15) is 14.7 Å². The van der Waals surface area contributed by atoms with Crippen molar-refractivity contribution >= 4 is 16.9 Å². The second kappa shape index (κ2) is 8.57. The molecule has 4 rings (SSSR count). The highest BCUT2D eigenvalue weighted by Crippen LogP contribution is 2.30. The van der Waals surface area contributed by atoms with Gasteiger partial charge in [0.2, 0.25) is 5.91 Å². The van der Waals surface area contributed by atoms with Crippen molar-refractivity contribution in [3.8, 4) is 5.69 Å². The van der Waals surface area contributed by atoms with E-state index in [0.717, 1.165) is 12.1 Å². The van der Waals surface area contributed by atoms with Crippen molar-refractivity contribution in [2.24, 2.45) is 5.92 Å². The number of fused-ring (bicyclic) bond motifs is 1. The lowest BCUT2D eigenvalue weighted by molar-refractivity contribution is -0.122. The van der Waals surface area contributed by atoms with Crippen LogP contribution in [0, 0.1) is 5.92 Å². The highest BCUT2D eigenvalue weighted by atomic mass is 16.3. The van der Waals surface area contributed by atoms with E-state index in [1.807, 2.05) is 30.3 Å². The monoisotopic (exact) mass is 395 g/mol. The number of carbonyl (C=O) groups excluding carboxylic acids is 1. The number of rotatable bonds is 8. The molecular formula is C21H25N5O3. The summed E-state index contributed by atoms with van der Waals surface area (Å²) in [7, 11) is 0. The van der Waals surface area contributed by atoms with Crippen LogP contribution >= 0.6 is 0 Å². The minimum absolute atomic E-state index is 0.0560. The van der Waals surface area contributed by atoms with Crippen molar-refractivity contribution in [2.45, 2.75) is 44.6 Å². The Kier molecular flexibility index (Phi) is 5.71. The first-order valence-corrected chi connectivity index (χ1v) is 10.1. The molecule has 1 aliphatic carbocycles. The minimum atomic E-state index is -0.272. The number of benzene rings is 1. The van der Waals surface area contributed by atoms with Crippen LogP contribution in [0.5, 0.6) is 0 Å². The first-order valence-electron chi connectivity index (χ1n) is 10.1. The van der Waals surface area contributed by atoms with Gasteiger partial charge in [-0.3, -0.25) is 9.59 Å². The zero-order chi connectivity index (χ0) is 20.2. The number of H-pyrrole nitrogens is 1. The highest BCUT2D eigenvalue weighted by molar-refractivity contribution is 5.77. The van der Waals surface area contributed by atoms with E-state index < -0.39 is 0 Å². The summed E-state index contributed by atoms with van der Waals surface area (Å²) in [4.78, 5) is 32.0. The van der Waals surface area contributed by atoms with E-state index in [1.54, 1.807) is 4.68 Å². The molecule has 2 heterocycles. The van der Waals surface area contributed by atoms with Gasteiger partial charge in [-0.05, 0) is 24.5 Å². The predicted octanol–water partition coefficient (Wildman–Crippen LogP) is 1.71. The van der Waals surface area contributed by atoms with Gasteiger partial charge in [0, 0.05) is 12.8 Å². The van der Waals surface area contributed by atoms with Crippen LogP contribution in [0.2, 0.25) is 0 Å². The summed E-state index contributed by atoms with van der Waals surface area (Å²) in [5.74, 6) is 0.892. The Hall–Kier alpha value is -3.00. The summed E-state index contributed by atoms with van der Waals surface area (Å²) in [5.41, 5.74) is 1.01. The van der Waals surface area contributed by atoms with Crippen LogP contribution < -0.4 is 10.9 Å². The molecule has 0 bridgehead atoms. The molecule has 1 aromatic carbocycles. The number of nitrogens with one attached hydrogen (secondary N) is 2. The summed E-state index contributed by atoms with van der Waals surface area (Å²) in [6.07, 6.45) is 6.39. The fraction of sp³-hybridized carbons (Fsp3) is 0.429. The second-order valence-electron chi connectivity index (χ2n) is 7.62. The zero-order valence-electron chi connectivity index (χ0n) is 16.2. The second-order valence-corrected chi connectivity index (χ2v) is 7.62. The molecule has 29 heavy (non-hydrogen) atoms. The van der Waals surface area contributed by atoms with Gasteiger partial charge in [0.05, 0.1) is 24.5 Å². The molecule has 0 saturated heterocycles. The Balaban J connectivity index is 1.45. The van der Waals surface area contributed by atoms with E-state index in [1.165, 1.54) is 25.5 Å². The van der Waals surface area contributed by atoms with Gasteiger partial charge in [-0.15, -0.1) is 0 Å². The molecule has 0 aliphatic heterocycles. The third-order valence-electron chi connectivity index (χ3n) is 5.50. The SMILES string of the molecule is O=C(CCc1nc2c(cnn2-c2ccccc2)c(=O)[nH]1)NC(CO)CC1CCC1. The lowest BCUT2D eigenvalue weighted by Gasteiger charge is -2.29. The number of aliphatic hydroxyl groups is 1. The lowest BCUT2D eigenvalue weighted by Crippen LogP contribution is -2.40. The molecule has 2 aromatic heterocycles. The lowest BCUT2D eigenvalue weighted by atomic mass is 9.81. The summed E-state index contributed by atoms with van der Waals surface area (Å²) < 4.78 is 1.62. The summed E-state index contributed by atoms with van der Waals surface area (Å²) in [6.45, 7) is -0.0560. The molecule has 1 atom stereocenters. The smallest absolute Gasteiger partial charge is 0.262 e. The molecule has 1 amide bonds. The quantitative estimate of drug-likeness (QED) is 0.537. The molecular weight excluding hydrogens is 370 g/mol. The van der Waals surface area contributed by atoms with Crippen molar-refractivity contribution < 1.29 is 9.90 Å². The average Bonchev–Trinajstić information content (AvgIpc) is 3.13. The third-order valence-corrected chi connectivity index (χ3v) is 5.50. The first-order chi connectivity index (χ1) is 14.1. The van der Waals surface area contributed by atoms with Crippen LogP contribution in [0.1, 0.15) is 37.9 Å². The van der Waals surface area contributed by atoms with Gasteiger partial charge in [-0.2, -0.15) is 5.10 Å². The van der Waals surface area contributed by atoms with Gasteiger partial charge >= 0.3 is 0 Å². The molecule has 1 unspecified atom stereocenters. The fourth-order valence-electron chi connectivity index (χ4n) is 3.68. The number of aliphatic hydroxyl groups excluding tert-OH is 1. The van der Waals surface area contributed by atoms with Crippen LogP contribution in [0.15, 0.2) is 41.3 Å². The van der Waals surface area contributed by atoms with Gasteiger partial charge in [-0.1, -0.05) is 37.5 Å².